The number of rotatable bonds is 9. The Morgan fingerprint density at radius 2 is 2.31 bits per heavy atom. The molecule has 1 rings (SSSR count). The molecule has 0 amide bonds. The van der Waals surface area contributed by atoms with Gasteiger partial charge < -0.3 is 9.73 Å². The minimum absolute atomic E-state index is 0.378. The van der Waals surface area contributed by atoms with Gasteiger partial charge in [-0.3, -0.25) is 0 Å². The molecule has 0 saturated carbocycles. The van der Waals surface area contributed by atoms with Gasteiger partial charge in [0.15, 0.2) is 0 Å². The van der Waals surface area contributed by atoms with Crippen molar-refractivity contribution in [3.8, 4) is 0 Å². The Labute approximate surface area is 98.7 Å². The molecule has 0 bridgehead atoms. The molecule has 90 valence electrons. The summed E-state index contributed by atoms with van der Waals surface area (Å²) in [5.41, 5.74) is 0. The molecule has 0 aromatic carbocycles. The van der Waals surface area contributed by atoms with E-state index in [-0.39, 0.29) is 0 Å². The lowest BCUT2D eigenvalue weighted by atomic mass is 10.1. The van der Waals surface area contributed by atoms with E-state index in [1.165, 1.54) is 19.3 Å². The van der Waals surface area contributed by atoms with Crippen LogP contribution in [0.15, 0.2) is 35.5 Å². The van der Waals surface area contributed by atoms with Crippen molar-refractivity contribution in [2.75, 3.05) is 6.54 Å². The van der Waals surface area contributed by atoms with Crippen molar-refractivity contribution in [1.82, 2.24) is 5.32 Å². The molecule has 0 aliphatic rings. The Morgan fingerprint density at radius 1 is 1.44 bits per heavy atom. The molecule has 1 N–H and O–H groups in total. The van der Waals surface area contributed by atoms with Gasteiger partial charge in [0.1, 0.15) is 5.76 Å². The number of hydrogen-bond donors (Lipinski definition) is 1. The fourth-order valence-corrected chi connectivity index (χ4v) is 1.89. The number of nitrogens with one attached hydrogen (secondary N) is 1. The van der Waals surface area contributed by atoms with E-state index in [0.717, 1.165) is 25.1 Å². The second-order valence-corrected chi connectivity index (χ2v) is 4.05. The Morgan fingerprint density at radius 3 is 2.94 bits per heavy atom. The van der Waals surface area contributed by atoms with Gasteiger partial charge in [0.2, 0.25) is 0 Å². The molecule has 1 aromatic heterocycles. The van der Waals surface area contributed by atoms with Crippen molar-refractivity contribution in [2.45, 2.75) is 45.1 Å². The van der Waals surface area contributed by atoms with Crippen LogP contribution in [0.5, 0.6) is 0 Å². The molecule has 0 spiro atoms. The van der Waals surface area contributed by atoms with E-state index in [9.17, 15) is 0 Å². The first-order chi connectivity index (χ1) is 7.88. The summed E-state index contributed by atoms with van der Waals surface area (Å²) in [6, 6.07) is 4.39. The third-order valence-corrected chi connectivity index (χ3v) is 2.74. The van der Waals surface area contributed by atoms with Gasteiger partial charge in [-0.15, -0.1) is 6.58 Å². The summed E-state index contributed by atoms with van der Waals surface area (Å²) in [4.78, 5) is 0. The Balaban J connectivity index is 2.26. The highest BCUT2D eigenvalue weighted by molar-refractivity contribution is 5.04. The summed E-state index contributed by atoms with van der Waals surface area (Å²) in [6.07, 6.45) is 9.79. The maximum Gasteiger partial charge on any atom is 0.120 e. The third-order valence-electron chi connectivity index (χ3n) is 2.74. The van der Waals surface area contributed by atoms with E-state index in [2.05, 4.69) is 24.9 Å². The maximum absolute atomic E-state index is 5.45. The minimum atomic E-state index is 0.378. The lowest BCUT2D eigenvalue weighted by Crippen LogP contribution is -2.20. The second kappa shape index (κ2) is 8.17. The van der Waals surface area contributed by atoms with Gasteiger partial charge in [0.05, 0.1) is 12.3 Å². The van der Waals surface area contributed by atoms with Gasteiger partial charge in [-0.05, 0) is 37.9 Å². The van der Waals surface area contributed by atoms with Crippen LogP contribution in [0.3, 0.4) is 0 Å². The van der Waals surface area contributed by atoms with E-state index >= 15 is 0 Å². The first-order valence-electron chi connectivity index (χ1n) is 6.26. The maximum atomic E-state index is 5.45. The van der Waals surface area contributed by atoms with Crippen molar-refractivity contribution in [1.29, 1.82) is 0 Å². The van der Waals surface area contributed by atoms with E-state index in [0.29, 0.717) is 6.04 Å². The summed E-state index contributed by atoms with van der Waals surface area (Å²) in [5, 5.41) is 3.46. The van der Waals surface area contributed by atoms with Crippen molar-refractivity contribution >= 4 is 0 Å². The third kappa shape index (κ3) is 4.67. The molecule has 0 aliphatic heterocycles. The van der Waals surface area contributed by atoms with Crippen molar-refractivity contribution in [3.63, 3.8) is 0 Å². The molecule has 0 aliphatic carbocycles. The zero-order valence-electron chi connectivity index (χ0n) is 10.2. The van der Waals surface area contributed by atoms with Gasteiger partial charge in [-0.25, -0.2) is 0 Å². The van der Waals surface area contributed by atoms with E-state index in [4.69, 9.17) is 4.42 Å². The van der Waals surface area contributed by atoms with E-state index in [1.54, 1.807) is 6.26 Å². The molecule has 1 atom stereocenters. The van der Waals surface area contributed by atoms with Gasteiger partial charge in [0.25, 0.3) is 0 Å². The summed E-state index contributed by atoms with van der Waals surface area (Å²) in [6.45, 7) is 6.85. The minimum Gasteiger partial charge on any atom is -0.468 e. The number of unbranched alkanes of at least 4 members (excludes halogenated alkanes) is 3. The highest BCUT2D eigenvalue weighted by Gasteiger charge is 2.11. The van der Waals surface area contributed by atoms with E-state index < -0.39 is 0 Å². The molecule has 2 nitrogen and oxygen atoms in total. The quantitative estimate of drug-likeness (QED) is 0.502. The van der Waals surface area contributed by atoms with Crippen LogP contribution in [-0.4, -0.2) is 6.54 Å². The Hall–Kier alpha value is -1.02. The van der Waals surface area contributed by atoms with Crippen LogP contribution in [0.25, 0.3) is 0 Å². The van der Waals surface area contributed by atoms with Crippen LogP contribution in [0, 0.1) is 0 Å². The van der Waals surface area contributed by atoms with Crippen LogP contribution in [0.4, 0.5) is 0 Å². The number of allylic oxidation sites excluding steroid dienone is 1. The topological polar surface area (TPSA) is 25.2 Å². The molecule has 1 heterocycles. The largest absolute Gasteiger partial charge is 0.468 e. The normalized spacial score (nSPS) is 12.6. The van der Waals surface area contributed by atoms with Gasteiger partial charge in [-0.1, -0.05) is 25.8 Å². The molecule has 16 heavy (non-hydrogen) atoms. The fourth-order valence-electron chi connectivity index (χ4n) is 1.89. The molecule has 0 fully saturated rings. The highest BCUT2D eigenvalue weighted by atomic mass is 16.3. The summed E-state index contributed by atoms with van der Waals surface area (Å²) in [5.74, 6) is 1.06. The Kier molecular flexibility index (Phi) is 6.66. The molecule has 0 radical (unpaired) electrons. The van der Waals surface area contributed by atoms with Crippen molar-refractivity contribution in [2.24, 2.45) is 0 Å². The average molecular weight is 221 g/mol. The van der Waals surface area contributed by atoms with Crippen LogP contribution in [-0.2, 0) is 0 Å². The predicted molar refractivity (Wildman–Crippen MR) is 68.4 cm³/mol. The summed E-state index contributed by atoms with van der Waals surface area (Å²) >= 11 is 0. The zero-order chi connectivity index (χ0) is 11.6. The lowest BCUT2D eigenvalue weighted by Gasteiger charge is -2.15. The van der Waals surface area contributed by atoms with Crippen LogP contribution < -0.4 is 5.32 Å². The SMILES string of the molecule is C=CCCCCCC(NCC)c1ccco1. The molecular weight excluding hydrogens is 198 g/mol. The highest BCUT2D eigenvalue weighted by Crippen LogP contribution is 2.20. The molecular formula is C14H23NO. The smallest absolute Gasteiger partial charge is 0.120 e. The van der Waals surface area contributed by atoms with Crippen LogP contribution in [0.2, 0.25) is 0 Å². The first-order valence-corrected chi connectivity index (χ1v) is 6.26. The molecule has 1 aromatic rings. The van der Waals surface area contributed by atoms with Crippen molar-refractivity contribution in [3.05, 3.63) is 36.8 Å². The number of hydrogen-bond acceptors (Lipinski definition) is 2. The van der Waals surface area contributed by atoms with Crippen LogP contribution >= 0.6 is 0 Å². The Bertz CT molecular complexity index is 266. The molecule has 1 unspecified atom stereocenters. The summed E-state index contributed by atoms with van der Waals surface area (Å²) < 4.78 is 5.45. The average Bonchev–Trinajstić information content (AvgIpc) is 2.81. The predicted octanol–water partition coefficient (Wildman–Crippen LogP) is 4.07. The summed E-state index contributed by atoms with van der Waals surface area (Å²) in [7, 11) is 0. The monoisotopic (exact) mass is 221 g/mol. The molecule has 2 heteroatoms. The van der Waals surface area contributed by atoms with Crippen molar-refractivity contribution < 1.29 is 4.42 Å². The lowest BCUT2D eigenvalue weighted by molar-refractivity contribution is 0.390. The van der Waals surface area contributed by atoms with E-state index in [1.807, 2.05) is 12.1 Å². The van der Waals surface area contributed by atoms with Gasteiger partial charge in [-0.2, -0.15) is 0 Å². The number of furan rings is 1. The molecule has 0 saturated heterocycles. The van der Waals surface area contributed by atoms with Gasteiger partial charge in [0, 0.05) is 0 Å². The first kappa shape index (κ1) is 13.0. The fraction of sp³-hybridized carbons (Fsp3) is 0.571. The standard InChI is InChI=1S/C14H23NO/c1-3-5-6-7-8-10-13(15-4-2)14-11-9-12-16-14/h3,9,11-13,15H,1,4-8,10H2,2H3. The van der Waals surface area contributed by atoms with Gasteiger partial charge >= 0.3 is 0 Å². The van der Waals surface area contributed by atoms with Crippen LogP contribution in [0.1, 0.15) is 50.8 Å². The second-order valence-electron chi connectivity index (χ2n) is 4.05. The zero-order valence-corrected chi connectivity index (χ0v) is 10.2.